The van der Waals surface area contributed by atoms with Crippen LogP contribution in [0.25, 0.3) is 0 Å². The van der Waals surface area contributed by atoms with Gasteiger partial charge in [-0.2, -0.15) is 13.2 Å². The van der Waals surface area contributed by atoms with Crippen molar-refractivity contribution in [2.24, 2.45) is 0 Å². The number of rotatable bonds is 2. The molecule has 0 fully saturated rings. The van der Waals surface area contributed by atoms with Crippen LogP contribution in [-0.4, -0.2) is 11.0 Å². The van der Waals surface area contributed by atoms with Gasteiger partial charge in [-0.1, -0.05) is 18.2 Å². The van der Waals surface area contributed by atoms with Crippen molar-refractivity contribution in [3.05, 3.63) is 59.7 Å². The quantitative estimate of drug-likeness (QED) is 0.882. The van der Waals surface area contributed by atoms with Crippen molar-refractivity contribution in [2.75, 3.05) is 5.32 Å². The summed E-state index contributed by atoms with van der Waals surface area (Å²) in [4.78, 5) is 11.8. The number of carbonyl (C=O) groups is 1. The van der Waals surface area contributed by atoms with Gasteiger partial charge in [-0.3, -0.25) is 4.79 Å². The molecule has 1 amide bonds. The van der Waals surface area contributed by atoms with Gasteiger partial charge in [-0.15, -0.1) is 0 Å². The fraction of sp³-hybridized carbons (Fsp3) is 0.0714. The Labute approximate surface area is 112 Å². The molecule has 2 aromatic rings. The first-order valence-electron chi connectivity index (χ1n) is 5.64. The number of aromatic hydroxyl groups is 1. The number of carbonyl (C=O) groups excluding carboxylic acids is 1. The monoisotopic (exact) mass is 281 g/mol. The summed E-state index contributed by atoms with van der Waals surface area (Å²) in [5, 5.41) is 12.0. The van der Waals surface area contributed by atoms with E-state index in [0.29, 0.717) is 11.8 Å². The fourth-order valence-corrected chi connectivity index (χ4v) is 1.62. The molecule has 2 rings (SSSR count). The molecule has 0 heterocycles. The average molecular weight is 281 g/mol. The summed E-state index contributed by atoms with van der Waals surface area (Å²) in [5.41, 5.74) is -0.745. The number of halogens is 3. The van der Waals surface area contributed by atoms with Gasteiger partial charge in [-0.25, -0.2) is 0 Å². The van der Waals surface area contributed by atoms with Crippen molar-refractivity contribution in [1.82, 2.24) is 0 Å². The number of hydrogen-bond donors (Lipinski definition) is 2. The first kappa shape index (κ1) is 13.9. The zero-order chi connectivity index (χ0) is 14.8. The van der Waals surface area contributed by atoms with Crippen molar-refractivity contribution in [3.63, 3.8) is 0 Å². The lowest BCUT2D eigenvalue weighted by Gasteiger charge is -2.10. The van der Waals surface area contributed by atoms with Gasteiger partial charge < -0.3 is 10.4 Å². The molecule has 0 radical (unpaired) electrons. The second kappa shape index (κ2) is 5.24. The van der Waals surface area contributed by atoms with Crippen LogP contribution in [0.4, 0.5) is 18.9 Å². The molecule has 0 spiro atoms. The molecule has 0 saturated carbocycles. The van der Waals surface area contributed by atoms with Crippen LogP contribution in [0, 0.1) is 0 Å². The molecule has 20 heavy (non-hydrogen) atoms. The van der Waals surface area contributed by atoms with E-state index in [1.165, 1.54) is 0 Å². The molecule has 0 saturated heterocycles. The summed E-state index contributed by atoms with van der Waals surface area (Å²) >= 11 is 0. The van der Waals surface area contributed by atoms with Gasteiger partial charge >= 0.3 is 6.18 Å². The second-order valence-corrected chi connectivity index (χ2v) is 4.05. The van der Waals surface area contributed by atoms with Crippen LogP contribution < -0.4 is 5.32 Å². The fourth-order valence-electron chi connectivity index (χ4n) is 1.62. The van der Waals surface area contributed by atoms with Gasteiger partial charge in [-0.05, 0) is 30.3 Å². The van der Waals surface area contributed by atoms with Crippen LogP contribution in [0.3, 0.4) is 0 Å². The van der Waals surface area contributed by atoms with E-state index in [4.69, 9.17) is 0 Å². The van der Waals surface area contributed by atoms with Crippen LogP contribution in [0.1, 0.15) is 15.9 Å². The summed E-state index contributed by atoms with van der Waals surface area (Å²) in [7, 11) is 0. The van der Waals surface area contributed by atoms with E-state index in [-0.39, 0.29) is 5.56 Å². The molecule has 2 aromatic carbocycles. The topological polar surface area (TPSA) is 49.3 Å². The van der Waals surface area contributed by atoms with E-state index >= 15 is 0 Å². The molecule has 2 N–H and O–H groups in total. The Bertz CT molecular complexity index is 624. The third-order valence-corrected chi connectivity index (χ3v) is 2.60. The third kappa shape index (κ3) is 3.09. The van der Waals surface area contributed by atoms with Crippen molar-refractivity contribution in [3.8, 4) is 5.75 Å². The van der Waals surface area contributed by atoms with E-state index in [0.717, 1.165) is 12.1 Å². The Morgan fingerprint density at radius 2 is 1.70 bits per heavy atom. The lowest BCUT2D eigenvalue weighted by Crippen LogP contribution is -2.13. The molecular weight excluding hydrogens is 271 g/mol. The lowest BCUT2D eigenvalue weighted by molar-refractivity contribution is -0.137. The molecule has 6 heteroatoms. The van der Waals surface area contributed by atoms with Crippen LogP contribution >= 0.6 is 0 Å². The Balaban J connectivity index is 2.23. The van der Waals surface area contributed by atoms with Crippen LogP contribution in [-0.2, 0) is 6.18 Å². The van der Waals surface area contributed by atoms with E-state index in [1.807, 2.05) is 0 Å². The minimum atomic E-state index is -4.56. The molecule has 0 aliphatic rings. The zero-order valence-electron chi connectivity index (χ0n) is 10.1. The number of amides is 1. The number of alkyl halides is 3. The minimum Gasteiger partial charge on any atom is -0.507 e. The summed E-state index contributed by atoms with van der Waals surface area (Å²) in [6.07, 6.45) is -4.56. The molecule has 0 aliphatic heterocycles. The third-order valence-electron chi connectivity index (χ3n) is 2.60. The van der Waals surface area contributed by atoms with E-state index < -0.39 is 23.4 Å². The van der Waals surface area contributed by atoms with Crippen LogP contribution in [0.2, 0.25) is 0 Å². The molecule has 104 valence electrons. The SMILES string of the molecule is O=C(Nc1ccccc1)c1ccc(C(F)(F)F)cc1O. The largest absolute Gasteiger partial charge is 0.507 e. The predicted octanol–water partition coefficient (Wildman–Crippen LogP) is 3.66. The zero-order valence-corrected chi connectivity index (χ0v) is 10.1. The maximum atomic E-state index is 12.4. The normalized spacial score (nSPS) is 11.2. The lowest BCUT2D eigenvalue weighted by atomic mass is 10.1. The van der Waals surface area contributed by atoms with Gasteiger partial charge in [0.05, 0.1) is 11.1 Å². The Morgan fingerprint density at radius 3 is 2.25 bits per heavy atom. The van der Waals surface area contributed by atoms with Crippen molar-refractivity contribution in [1.29, 1.82) is 0 Å². The first-order valence-corrected chi connectivity index (χ1v) is 5.64. The standard InChI is InChI=1S/C14H10F3NO2/c15-14(16,17)9-6-7-11(12(19)8-9)13(20)18-10-4-2-1-3-5-10/h1-8,19H,(H,18,20). The van der Waals surface area contributed by atoms with Gasteiger partial charge in [0.25, 0.3) is 5.91 Å². The Morgan fingerprint density at radius 1 is 1.05 bits per heavy atom. The molecular formula is C14H10F3NO2. The predicted molar refractivity (Wildman–Crippen MR) is 67.5 cm³/mol. The van der Waals surface area contributed by atoms with Crippen molar-refractivity contribution in [2.45, 2.75) is 6.18 Å². The molecule has 0 aromatic heterocycles. The molecule has 3 nitrogen and oxygen atoms in total. The molecule has 0 bridgehead atoms. The van der Waals surface area contributed by atoms with E-state index in [9.17, 15) is 23.1 Å². The Kier molecular flexibility index (Phi) is 3.65. The first-order chi connectivity index (χ1) is 9.38. The van der Waals surface area contributed by atoms with Gasteiger partial charge in [0, 0.05) is 5.69 Å². The van der Waals surface area contributed by atoms with Gasteiger partial charge in [0.2, 0.25) is 0 Å². The van der Waals surface area contributed by atoms with Crippen LogP contribution in [0.5, 0.6) is 5.75 Å². The number of hydrogen-bond acceptors (Lipinski definition) is 2. The number of phenols is 1. The highest BCUT2D eigenvalue weighted by Gasteiger charge is 2.31. The number of phenolic OH excluding ortho intramolecular Hbond substituents is 1. The molecule has 0 aliphatic carbocycles. The number of anilines is 1. The Hall–Kier alpha value is -2.50. The average Bonchev–Trinajstić information content (AvgIpc) is 2.38. The summed E-state index contributed by atoms with van der Waals surface area (Å²) in [6.45, 7) is 0. The van der Waals surface area contributed by atoms with Crippen molar-refractivity contribution >= 4 is 11.6 Å². The number of benzene rings is 2. The highest BCUT2D eigenvalue weighted by atomic mass is 19.4. The number of nitrogens with one attached hydrogen (secondary N) is 1. The summed E-state index contributed by atoms with van der Waals surface area (Å²) in [6, 6.07) is 10.6. The summed E-state index contributed by atoms with van der Waals surface area (Å²) in [5.74, 6) is -1.39. The molecule has 0 unspecified atom stereocenters. The maximum Gasteiger partial charge on any atom is 0.416 e. The minimum absolute atomic E-state index is 0.221. The number of para-hydroxylation sites is 1. The highest BCUT2D eigenvalue weighted by molar-refractivity contribution is 6.06. The van der Waals surface area contributed by atoms with Gasteiger partial charge in [0.15, 0.2) is 0 Å². The summed E-state index contributed by atoms with van der Waals surface area (Å²) < 4.78 is 37.3. The van der Waals surface area contributed by atoms with Crippen LogP contribution in [0.15, 0.2) is 48.5 Å². The maximum absolute atomic E-state index is 12.4. The highest BCUT2D eigenvalue weighted by Crippen LogP contribution is 2.32. The van der Waals surface area contributed by atoms with E-state index in [1.54, 1.807) is 30.3 Å². The molecule has 0 atom stereocenters. The smallest absolute Gasteiger partial charge is 0.416 e. The van der Waals surface area contributed by atoms with Gasteiger partial charge in [0.1, 0.15) is 5.75 Å². The van der Waals surface area contributed by atoms with E-state index in [2.05, 4.69) is 5.32 Å². The van der Waals surface area contributed by atoms with Crippen molar-refractivity contribution < 1.29 is 23.1 Å². The second-order valence-electron chi connectivity index (χ2n) is 4.05.